The van der Waals surface area contributed by atoms with Crippen molar-refractivity contribution < 1.29 is 13.7 Å². The molecule has 3 aromatic rings. The largest absolute Gasteiger partial charge is 0.458 e. The first-order valence-electron chi connectivity index (χ1n) is 6.51. The number of aromatic nitrogens is 3. The first kappa shape index (κ1) is 13.2. The Morgan fingerprint density at radius 1 is 1.38 bits per heavy atom. The Labute approximate surface area is 120 Å². The molecule has 3 heterocycles. The van der Waals surface area contributed by atoms with E-state index in [0.29, 0.717) is 24.6 Å². The second-order valence-electron chi connectivity index (χ2n) is 4.51. The second kappa shape index (κ2) is 5.66. The fraction of sp³-hybridized carbons (Fsp3) is 0.214. The maximum absolute atomic E-state index is 11.9. The molecule has 21 heavy (non-hydrogen) atoms. The van der Waals surface area contributed by atoms with Crippen molar-refractivity contribution in [1.29, 1.82) is 0 Å². The number of hydrogen-bond donors (Lipinski definition) is 1. The Hall–Kier alpha value is -2.83. The Bertz CT molecular complexity index is 727. The molecule has 7 heteroatoms. The molecule has 0 spiro atoms. The van der Waals surface area contributed by atoms with E-state index in [4.69, 9.17) is 8.94 Å². The standard InChI is InChI=1S/C14H14N4O3/c1-10-3-4-12(20-10)13-9-11(17-21-13)14(19)15-6-8-18-7-2-5-16-18/h2-5,7,9H,6,8H2,1H3,(H,15,19). The molecule has 0 unspecified atom stereocenters. The van der Waals surface area contributed by atoms with Crippen LogP contribution in [0.2, 0.25) is 0 Å². The first-order chi connectivity index (χ1) is 10.2. The summed E-state index contributed by atoms with van der Waals surface area (Å²) in [6.07, 6.45) is 3.52. The minimum atomic E-state index is -0.291. The number of rotatable bonds is 5. The third-order valence-electron chi connectivity index (χ3n) is 2.91. The SMILES string of the molecule is Cc1ccc(-c2cc(C(=O)NCCn3cccn3)no2)o1. The Morgan fingerprint density at radius 2 is 2.29 bits per heavy atom. The minimum absolute atomic E-state index is 0.222. The molecule has 0 atom stereocenters. The molecule has 0 bridgehead atoms. The average molecular weight is 286 g/mol. The van der Waals surface area contributed by atoms with Gasteiger partial charge >= 0.3 is 0 Å². The van der Waals surface area contributed by atoms with E-state index in [-0.39, 0.29) is 11.6 Å². The van der Waals surface area contributed by atoms with Crippen molar-refractivity contribution in [1.82, 2.24) is 20.3 Å². The van der Waals surface area contributed by atoms with Gasteiger partial charge in [0.25, 0.3) is 5.91 Å². The van der Waals surface area contributed by atoms with Crippen molar-refractivity contribution in [2.24, 2.45) is 0 Å². The fourth-order valence-electron chi connectivity index (χ4n) is 1.87. The molecular formula is C14H14N4O3. The predicted molar refractivity (Wildman–Crippen MR) is 73.5 cm³/mol. The van der Waals surface area contributed by atoms with Gasteiger partial charge in [-0.3, -0.25) is 9.48 Å². The summed E-state index contributed by atoms with van der Waals surface area (Å²) < 4.78 is 12.3. The third kappa shape index (κ3) is 3.02. The summed E-state index contributed by atoms with van der Waals surface area (Å²) in [5.74, 6) is 1.46. The van der Waals surface area contributed by atoms with E-state index in [1.54, 1.807) is 23.0 Å². The van der Waals surface area contributed by atoms with Crippen LogP contribution in [0.15, 0.2) is 45.6 Å². The normalized spacial score (nSPS) is 10.7. The monoisotopic (exact) mass is 286 g/mol. The molecule has 0 aliphatic heterocycles. The summed E-state index contributed by atoms with van der Waals surface area (Å²) in [6.45, 7) is 2.90. The van der Waals surface area contributed by atoms with Gasteiger partial charge in [0.1, 0.15) is 5.76 Å². The molecule has 0 saturated carbocycles. The van der Waals surface area contributed by atoms with Gasteiger partial charge in [-0.1, -0.05) is 5.16 Å². The number of furan rings is 1. The van der Waals surface area contributed by atoms with Gasteiger partial charge in [-0.25, -0.2) is 0 Å². The van der Waals surface area contributed by atoms with Crippen molar-refractivity contribution in [2.75, 3.05) is 6.54 Å². The van der Waals surface area contributed by atoms with Crippen LogP contribution in [0.3, 0.4) is 0 Å². The Kier molecular flexibility index (Phi) is 3.55. The topological polar surface area (TPSA) is 86.1 Å². The number of aryl methyl sites for hydroxylation is 1. The van der Waals surface area contributed by atoms with Crippen LogP contribution in [0, 0.1) is 6.92 Å². The molecule has 0 aromatic carbocycles. The summed E-state index contributed by atoms with van der Waals surface area (Å²) in [5.41, 5.74) is 0.222. The lowest BCUT2D eigenvalue weighted by molar-refractivity contribution is 0.0943. The lowest BCUT2D eigenvalue weighted by Crippen LogP contribution is -2.27. The highest BCUT2D eigenvalue weighted by Gasteiger charge is 2.15. The van der Waals surface area contributed by atoms with Crippen LogP contribution < -0.4 is 5.32 Å². The van der Waals surface area contributed by atoms with Gasteiger partial charge in [0.05, 0.1) is 6.54 Å². The maximum Gasteiger partial charge on any atom is 0.273 e. The number of carbonyl (C=O) groups excluding carboxylic acids is 1. The van der Waals surface area contributed by atoms with Crippen LogP contribution in [0.5, 0.6) is 0 Å². The highest BCUT2D eigenvalue weighted by molar-refractivity contribution is 5.92. The van der Waals surface area contributed by atoms with Crippen LogP contribution in [0.25, 0.3) is 11.5 Å². The molecule has 0 saturated heterocycles. The van der Waals surface area contributed by atoms with E-state index in [9.17, 15) is 4.79 Å². The highest BCUT2D eigenvalue weighted by Crippen LogP contribution is 2.22. The summed E-state index contributed by atoms with van der Waals surface area (Å²) >= 11 is 0. The summed E-state index contributed by atoms with van der Waals surface area (Å²) in [4.78, 5) is 11.9. The average Bonchev–Trinajstić information content (AvgIpc) is 3.19. The minimum Gasteiger partial charge on any atom is -0.458 e. The number of hydrogen-bond acceptors (Lipinski definition) is 5. The Morgan fingerprint density at radius 3 is 3.00 bits per heavy atom. The van der Waals surface area contributed by atoms with Crippen molar-refractivity contribution >= 4 is 5.91 Å². The first-order valence-corrected chi connectivity index (χ1v) is 6.51. The van der Waals surface area contributed by atoms with Crippen LogP contribution >= 0.6 is 0 Å². The van der Waals surface area contributed by atoms with Gasteiger partial charge in [0.15, 0.2) is 11.5 Å². The fourth-order valence-corrected chi connectivity index (χ4v) is 1.87. The third-order valence-corrected chi connectivity index (χ3v) is 2.91. The lowest BCUT2D eigenvalue weighted by atomic mass is 10.3. The van der Waals surface area contributed by atoms with E-state index >= 15 is 0 Å². The molecule has 0 fully saturated rings. The summed E-state index contributed by atoms with van der Waals surface area (Å²) in [6, 6.07) is 6.98. The lowest BCUT2D eigenvalue weighted by Gasteiger charge is -2.02. The summed E-state index contributed by atoms with van der Waals surface area (Å²) in [7, 11) is 0. The molecule has 7 nitrogen and oxygen atoms in total. The van der Waals surface area contributed by atoms with E-state index in [2.05, 4.69) is 15.6 Å². The van der Waals surface area contributed by atoms with Gasteiger partial charge in [-0.05, 0) is 25.1 Å². The smallest absolute Gasteiger partial charge is 0.273 e. The van der Waals surface area contributed by atoms with E-state index in [1.165, 1.54) is 0 Å². The number of nitrogens with one attached hydrogen (secondary N) is 1. The van der Waals surface area contributed by atoms with Crippen molar-refractivity contribution in [3.8, 4) is 11.5 Å². The number of carbonyl (C=O) groups is 1. The van der Waals surface area contributed by atoms with Crippen molar-refractivity contribution in [2.45, 2.75) is 13.5 Å². The molecule has 108 valence electrons. The summed E-state index contributed by atoms with van der Waals surface area (Å²) in [5, 5.41) is 10.6. The van der Waals surface area contributed by atoms with Crippen LogP contribution in [0.4, 0.5) is 0 Å². The van der Waals surface area contributed by atoms with Crippen LogP contribution in [-0.2, 0) is 6.54 Å². The molecule has 0 radical (unpaired) electrons. The van der Waals surface area contributed by atoms with Crippen molar-refractivity contribution in [3.63, 3.8) is 0 Å². The molecule has 3 aromatic heterocycles. The van der Waals surface area contributed by atoms with Gasteiger partial charge < -0.3 is 14.3 Å². The molecule has 3 rings (SSSR count). The highest BCUT2D eigenvalue weighted by atomic mass is 16.5. The molecule has 0 aliphatic rings. The zero-order valence-electron chi connectivity index (χ0n) is 11.4. The number of amides is 1. The predicted octanol–water partition coefficient (Wildman–Crippen LogP) is 1.87. The zero-order valence-corrected chi connectivity index (χ0v) is 11.4. The maximum atomic E-state index is 11.9. The van der Waals surface area contributed by atoms with Crippen LogP contribution in [-0.4, -0.2) is 27.4 Å². The van der Waals surface area contributed by atoms with Gasteiger partial charge in [-0.15, -0.1) is 0 Å². The molecular weight excluding hydrogens is 272 g/mol. The number of nitrogens with zero attached hydrogens (tertiary/aromatic N) is 3. The molecule has 1 N–H and O–H groups in total. The second-order valence-corrected chi connectivity index (χ2v) is 4.51. The molecule has 1 amide bonds. The van der Waals surface area contributed by atoms with E-state index < -0.39 is 0 Å². The van der Waals surface area contributed by atoms with Crippen molar-refractivity contribution in [3.05, 3.63) is 48.1 Å². The van der Waals surface area contributed by atoms with Gasteiger partial charge in [-0.2, -0.15) is 5.10 Å². The molecule has 0 aliphatic carbocycles. The van der Waals surface area contributed by atoms with Gasteiger partial charge in [0, 0.05) is 25.0 Å². The quantitative estimate of drug-likeness (QED) is 0.773. The van der Waals surface area contributed by atoms with Crippen LogP contribution in [0.1, 0.15) is 16.2 Å². The van der Waals surface area contributed by atoms with E-state index in [1.807, 2.05) is 25.3 Å². The Balaban J connectivity index is 1.59. The van der Waals surface area contributed by atoms with E-state index in [0.717, 1.165) is 5.76 Å². The zero-order chi connectivity index (χ0) is 14.7. The van der Waals surface area contributed by atoms with Gasteiger partial charge in [0.2, 0.25) is 5.76 Å².